The average Bonchev–Trinajstić information content (AvgIpc) is 3.28. The number of hydrogen-bond acceptors (Lipinski definition) is 8. The maximum Gasteiger partial charge on any atom is 0.335 e. The molecule has 2 heterocycles. The first-order valence-electron chi connectivity index (χ1n) is 8.83. The largest absolute Gasteiger partial charge is 0.390 e. The zero-order chi connectivity index (χ0) is 21.0. The number of carbonyl (C=O) groups excluding carboxylic acids is 1. The van der Waals surface area contributed by atoms with Crippen LogP contribution in [0.5, 0.6) is 0 Å². The van der Waals surface area contributed by atoms with Gasteiger partial charge in [-0.1, -0.05) is 5.92 Å². The molecular formula is C18H21N5O5S. The number of ketones is 1. The van der Waals surface area contributed by atoms with E-state index in [1.165, 1.54) is 19.6 Å². The van der Waals surface area contributed by atoms with Crippen molar-refractivity contribution in [1.29, 1.82) is 0 Å². The molecule has 3 rings (SSSR count). The molecule has 11 heteroatoms. The van der Waals surface area contributed by atoms with Crippen LogP contribution in [0, 0.1) is 12.3 Å². The van der Waals surface area contributed by atoms with Crippen LogP contribution in [-0.4, -0.2) is 59.1 Å². The minimum atomic E-state index is -3.93. The predicted molar refractivity (Wildman–Crippen MR) is 104 cm³/mol. The van der Waals surface area contributed by atoms with Gasteiger partial charge in [-0.15, -0.1) is 6.42 Å². The van der Waals surface area contributed by atoms with E-state index in [0.29, 0.717) is 17.9 Å². The monoisotopic (exact) mass is 419 g/mol. The fourth-order valence-electron chi connectivity index (χ4n) is 3.15. The lowest BCUT2D eigenvalue weighted by atomic mass is 10.1. The van der Waals surface area contributed by atoms with Crippen molar-refractivity contribution in [2.45, 2.75) is 37.6 Å². The second kappa shape index (κ2) is 8.71. The number of hydrogen-bond donors (Lipinski definition) is 3. The maximum absolute atomic E-state index is 12.9. The first-order valence-corrected chi connectivity index (χ1v) is 10.2. The Balaban J connectivity index is 1.74. The van der Waals surface area contributed by atoms with Crippen molar-refractivity contribution in [2.24, 2.45) is 0 Å². The fraction of sp³-hybridized carbons (Fsp3) is 0.389. The molecule has 3 N–H and O–H groups in total. The number of anilines is 1. The van der Waals surface area contributed by atoms with Gasteiger partial charge in [0.2, 0.25) is 0 Å². The number of rotatable bonds is 8. The van der Waals surface area contributed by atoms with Crippen LogP contribution in [0.1, 0.15) is 28.8 Å². The molecule has 0 bridgehead atoms. The molecule has 1 aliphatic carbocycles. The number of carbonyl (C=O) groups is 1. The molecule has 2 aromatic heterocycles. The van der Waals surface area contributed by atoms with Crippen LogP contribution in [0.15, 0.2) is 31.0 Å². The molecule has 154 valence electrons. The van der Waals surface area contributed by atoms with Crippen LogP contribution >= 0.6 is 0 Å². The van der Waals surface area contributed by atoms with Gasteiger partial charge in [-0.2, -0.15) is 13.1 Å². The summed E-state index contributed by atoms with van der Waals surface area (Å²) in [6.07, 6.45) is 9.92. The van der Waals surface area contributed by atoms with Crippen molar-refractivity contribution in [3.8, 4) is 12.3 Å². The third-order valence-electron chi connectivity index (χ3n) is 4.56. The van der Waals surface area contributed by atoms with E-state index in [0.717, 1.165) is 0 Å². The summed E-state index contributed by atoms with van der Waals surface area (Å²) in [5.74, 6) is 2.51. The highest BCUT2D eigenvalue weighted by molar-refractivity contribution is 7.84. The SMILES string of the molecule is C#CCn1ccc(C(=O)c2cncnc2N[C@@H]2C[C@H](O)[C@H](OS(=O)(=O)NC)C2)c1. The topological polar surface area (TPSA) is 135 Å². The van der Waals surface area contributed by atoms with Gasteiger partial charge in [0, 0.05) is 37.2 Å². The molecule has 1 saturated carbocycles. The molecule has 0 spiro atoms. The van der Waals surface area contributed by atoms with Crippen LogP contribution in [0.25, 0.3) is 0 Å². The first kappa shape index (κ1) is 20.9. The molecule has 0 saturated heterocycles. The average molecular weight is 419 g/mol. The summed E-state index contributed by atoms with van der Waals surface area (Å²) in [4.78, 5) is 20.9. The van der Waals surface area contributed by atoms with Gasteiger partial charge in [-0.25, -0.2) is 9.97 Å². The fourth-order valence-corrected chi connectivity index (χ4v) is 3.78. The molecule has 0 radical (unpaired) electrons. The smallest absolute Gasteiger partial charge is 0.335 e. The summed E-state index contributed by atoms with van der Waals surface area (Å²) >= 11 is 0. The number of aliphatic hydroxyl groups excluding tert-OH is 1. The highest BCUT2D eigenvalue weighted by Crippen LogP contribution is 2.27. The molecular weight excluding hydrogens is 398 g/mol. The Morgan fingerprint density at radius 2 is 2.28 bits per heavy atom. The van der Waals surface area contributed by atoms with E-state index in [2.05, 4.69) is 21.2 Å². The van der Waals surface area contributed by atoms with Gasteiger partial charge in [-0.05, 0) is 18.9 Å². The zero-order valence-electron chi connectivity index (χ0n) is 15.6. The van der Waals surface area contributed by atoms with Crippen LogP contribution in [-0.2, 0) is 21.0 Å². The van der Waals surface area contributed by atoms with Crippen molar-refractivity contribution < 1.29 is 22.5 Å². The lowest BCUT2D eigenvalue weighted by Gasteiger charge is -2.15. The number of nitrogens with zero attached hydrogens (tertiary/aromatic N) is 3. The van der Waals surface area contributed by atoms with Crippen molar-refractivity contribution >= 4 is 21.9 Å². The third-order valence-corrected chi connectivity index (χ3v) is 5.56. The third kappa shape index (κ3) is 4.99. The van der Waals surface area contributed by atoms with E-state index in [1.807, 2.05) is 4.72 Å². The van der Waals surface area contributed by atoms with Crippen LogP contribution in [0.3, 0.4) is 0 Å². The normalized spacial score (nSPS) is 21.6. The quantitative estimate of drug-likeness (QED) is 0.400. The van der Waals surface area contributed by atoms with E-state index in [4.69, 9.17) is 10.6 Å². The highest BCUT2D eigenvalue weighted by atomic mass is 32.2. The molecule has 2 aromatic rings. The van der Waals surface area contributed by atoms with Gasteiger partial charge >= 0.3 is 10.3 Å². The molecule has 0 aliphatic heterocycles. The minimum absolute atomic E-state index is 0.220. The molecule has 0 unspecified atom stereocenters. The van der Waals surface area contributed by atoms with Gasteiger partial charge in [0.15, 0.2) is 5.78 Å². The Morgan fingerprint density at radius 1 is 1.48 bits per heavy atom. The van der Waals surface area contributed by atoms with Gasteiger partial charge in [0.05, 0.1) is 18.2 Å². The van der Waals surface area contributed by atoms with Crippen LogP contribution in [0.4, 0.5) is 5.82 Å². The Bertz CT molecular complexity index is 1030. The second-order valence-corrected chi connectivity index (χ2v) is 8.07. The van der Waals surface area contributed by atoms with E-state index < -0.39 is 22.5 Å². The molecule has 1 fully saturated rings. The molecule has 29 heavy (non-hydrogen) atoms. The van der Waals surface area contributed by atoms with Gasteiger partial charge in [0.1, 0.15) is 18.2 Å². The van der Waals surface area contributed by atoms with Crippen molar-refractivity contribution in [3.05, 3.63) is 42.1 Å². The van der Waals surface area contributed by atoms with Gasteiger partial charge in [0.25, 0.3) is 0 Å². The summed E-state index contributed by atoms with van der Waals surface area (Å²) in [6, 6.07) is 1.32. The minimum Gasteiger partial charge on any atom is -0.390 e. The molecule has 1 aliphatic rings. The van der Waals surface area contributed by atoms with E-state index in [9.17, 15) is 18.3 Å². The zero-order valence-corrected chi connectivity index (χ0v) is 16.5. The molecule has 3 atom stereocenters. The number of aliphatic hydroxyl groups is 1. The van der Waals surface area contributed by atoms with Crippen molar-refractivity contribution in [1.82, 2.24) is 19.3 Å². The number of aromatic nitrogens is 3. The Labute approximate surface area is 168 Å². The molecule has 10 nitrogen and oxygen atoms in total. The standard InChI is InChI=1S/C18H21N5O5S/c1-3-5-23-6-4-12(10-23)17(25)14-9-20-11-21-18(14)22-13-7-15(24)16(8-13)28-29(26,27)19-2/h1,4,6,9-11,13,15-16,19,24H,5,7-8H2,2H3,(H,20,21,22)/t13-,15+,16-/m1/s1. The van der Waals surface area contributed by atoms with Gasteiger partial charge in [-0.3, -0.25) is 8.98 Å². The van der Waals surface area contributed by atoms with E-state index >= 15 is 0 Å². The highest BCUT2D eigenvalue weighted by Gasteiger charge is 2.37. The maximum atomic E-state index is 12.9. The van der Waals surface area contributed by atoms with Gasteiger partial charge < -0.3 is 15.0 Å². The van der Waals surface area contributed by atoms with E-state index in [-0.39, 0.29) is 30.2 Å². The summed E-state index contributed by atoms with van der Waals surface area (Å²) in [5.41, 5.74) is 0.693. The lowest BCUT2D eigenvalue weighted by molar-refractivity contribution is 0.0636. The number of terminal acetylenes is 1. The summed E-state index contributed by atoms with van der Waals surface area (Å²) in [6.45, 7) is 0.348. The Kier molecular flexibility index (Phi) is 6.29. The van der Waals surface area contributed by atoms with Crippen LogP contribution in [0.2, 0.25) is 0 Å². The van der Waals surface area contributed by atoms with Crippen molar-refractivity contribution in [2.75, 3.05) is 12.4 Å². The molecule has 0 aromatic carbocycles. The molecule has 0 amide bonds. The summed E-state index contributed by atoms with van der Waals surface area (Å²) < 4.78 is 31.8. The first-order chi connectivity index (χ1) is 13.8. The Morgan fingerprint density at radius 3 is 3.00 bits per heavy atom. The van der Waals surface area contributed by atoms with E-state index in [1.54, 1.807) is 23.0 Å². The summed E-state index contributed by atoms with van der Waals surface area (Å²) in [7, 11) is -2.70. The number of nitrogens with one attached hydrogen (secondary N) is 2. The lowest BCUT2D eigenvalue weighted by Crippen LogP contribution is -2.31. The Hall–Kier alpha value is -2.78. The predicted octanol–water partition coefficient (Wildman–Crippen LogP) is -0.0731. The second-order valence-electron chi connectivity index (χ2n) is 6.56. The van der Waals surface area contributed by atoms with Crippen LogP contribution < -0.4 is 10.0 Å². The van der Waals surface area contributed by atoms with Crippen molar-refractivity contribution in [3.63, 3.8) is 0 Å². The summed E-state index contributed by atoms with van der Waals surface area (Å²) in [5, 5.41) is 13.2.